The van der Waals surface area contributed by atoms with Crippen LogP contribution in [0.4, 0.5) is 0 Å². The standard InChI is InChI=1S/C12H22O5Si/c1-10(13)17-12(11(14)15-2)16-8-6-7-9-18(3,4)5/h7,9,12H,6,8H2,1-5H3/b9-7+. The summed E-state index contributed by atoms with van der Waals surface area (Å²) in [5.74, 6) is -1.29. The van der Waals surface area contributed by atoms with E-state index in [1.54, 1.807) is 0 Å². The second-order valence-corrected chi connectivity index (χ2v) is 9.96. The molecule has 0 rings (SSSR count). The van der Waals surface area contributed by atoms with Gasteiger partial charge in [0, 0.05) is 6.92 Å². The number of rotatable bonds is 7. The Bertz CT molecular complexity index is 306. The topological polar surface area (TPSA) is 61.8 Å². The Morgan fingerprint density at radius 3 is 2.33 bits per heavy atom. The maximum Gasteiger partial charge on any atom is 0.376 e. The van der Waals surface area contributed by atoms with Crippen LogP contribution in [0, 0.1) is 0 Å². The van der Waals surface area contributed by atoms with E-state index >= 15 is 0 Å². The second kappa shape index (κ2) is 8.05. The van der Waals surface area contributed by atoms with Crippen molar-refractivity contribution in [1.29, 1.82) is 0 Å². The van der Waals surface area contributed by atoms with Crippen LogP contribution in [-0.4, -0.2) is 40.0 Å². The molecule has 0 aliphatic carbocycles. The Balaban J connectivity index is 4.08. The van der Waals surface area contributed by atoms with Gasteiger partial charge in [-0.2, -0.15) is 0 Å². The van der Waals surface area contributed by atoms with Crippen molar-refractivity contribution in [3.63, 3.8) is 0 Å². The molecule has 0 heterocycles. The summed E-state index contributed by atoms with van der Waals surface area (Å²) in [6.45, 7) is 8.18. The van der Waals surface area contributed by atoms with Gasteiger partial charge < -0.3 is 14.2 Å². The zero-order valence-electron chi connectivity index (χ0n) is 11.7. The number of carbonyl (C=O) groups is 2. The molecule has 0 aliphatic heterocycles. The lowest BCUT2D eigenvalue weighted by Crippen LogP contribution is -2.30. The molecule has 0 saturated carbocycles. The molecule has 0 aromatic rings. The minimum absolute atomic E-state index is 0.300. The maximum absolute atomic E-state index is 11.2. The van der Waals surface area contributed by atoms with E-state index < -0.39 is 26.3 Å². The molecule has 18 heavy (non-hydrogen) atoms. The molecule has 0 aromatic carbocycles. The van der Waals surface area contributed by atoms with Gasteiger partial charge in [-0.3, -0.25) is 4.79 Å². The van der Waals surface area contributed by atoms with Gasteiger partial charge in [0.1, 0.15) is 0 Å². The van der Waals surface area contributed by atoms with Crippen LogP contribution in [0.1, 0.15) is 13.3 Å². The van der Waals surface area contributed by atoms with Crippen LogP contribution >= 0.6 is 0 Å². The van der Waals surface area contributed by atoms with Crippen LogP contribution in [-0.2, 0) is 23.8 Å². The molecule has 0 radical (unpaired) electrons. The highest BCUT2D eigenvalue weighted by Crippen LogP contribution is 2.04. The summed E-state index contributed by atoms with van der Waals surface area (Å²) in [6.07, 6.45) is 1.42. The number of hydrogen-bond acceptors (Lipinski definition) is 5. The Labute approximate surface area is 109 Å². The van der Waals surface area contributed by atoms with Gasteiger partial charge in [-0.15, -0.1) is 0 Å². The summed E-state index contributed by atoms with van der Waals surface area (Å²) in [4.78, 5) is 22.0. The first kappa shape index (κ1) is 16.9. The number of esters is 2. The van der Waals surface area contributed by atoms with Crippen LogP contribution in [0.2, 0.25) is 19.6 Å². The summed E-state index contributed by atoms with van der Waals surface area (Å²) in [5.41, 5.74) is 2.19. The molecule has 0 spiro atoms. The van der Waals surface area contributed by atoms with Gasteiger partial charge >= 0.3 is 18.2 Å². The summed E-state index contributed by atoms with van der Waals surface area (Å²) in [5, 5.41) is 0. The van der Waals surface area contributed by atoms with E-state index in [0.29, 0.717) is 13.0 Å². The van der Waals surface area contributed by atoms with E-state index in [2.05, 4.69) is 30.1 Å². The van der Waals surface area contributed by atoms with E-state index in [4.69, 9.17) is 9.47 Å². The molecule has 0 aliphatic rings. The number of ether oxygens (including phenoxy) is 3. The van der Waals surface area contributed by atoms with Gasteiger partial charge in [-0.25, -0.2) is 4.79 Å². The summed E-state index contributed by atoms with van der Waals surface area (Å²) < 4.78 is 14.3. The third-order valence-electron chi connectivity index (χ3n) is 1.84. The predicted octanol–water partition coefficient (Wildman–Crippen LogP) is 1.89. The minimum atomic E-state index is -1.27. The highest BCUT2D eigenvalue weighted by atomic mass is 28.3. The fourth-order valence-corrected chi connectivity index (χ4v) is 1.95. The monoisotopic (exact) mass is 274 g/mol. The minimum Gasteiger partial charge on any atom is -0.464 e. The fraction of sp³-hybridized carbons (Fsp3) is 0.667. The molecule has 5 nitrogen and oxygen atoms in total. The van der Waals surface area contributed by atoms with Crippen molar-refractivity contribution >= 4 is 20.0 Å². The molecule has 0 bridgehead atoms. The normalized spacial score (nSPS) is 13.4. The molecule has 1 unspecified atom stereocenters. The average molecular weight is 274 g/mol. The van der Waals surface area contributed by atoms with Gasteiger partial charge in [0.15, 0.2) is 0 Å². The van der Waals surface area contributed by atoms with Crippen LogP contribution in [0.3, 0.4) is 0 Å². The molecular formula is C12H22O5Si. The molecule has 0 saturated heterocycles. The summed E-state index contributed by atoms with van der Waals surface area (Å²) in [6, 6.07) is 0. The van der Waals surface area contributed by atoms with Crippen molar-refractivity contribution in [2.45, 2.75) is 39.3 Å². The third-order valence-corrected chi connectivity index (χ3v) is 3.07. The lowest BCUT2D eigenvalue weighted by atomic mass is 10.4. The Hall–Kier alpha value is -1.14. The van der Waals surface area contributed by atoms with Gasteiger partial charge in [-0.05, 0) is 6.42 Å². The second-order valence-electron chi connectivity index (χ2n) is 4.89. The molecule has 1 atom stereocenters. The van der Waals surface area contributed by atoms with Crippen molar-refractivity contribution in [3.8, 4) is 0 Å². The van der Waals surface area contributed by atoms with E-state index in [0.717, 1.165) is 0 Å². The first-order chi connectivity index (χ1) is 8.26. The van der Waals surface area contributed by atoms with Crippen LogP contribution in [0.15, 0.2) is 11.8 Å². The number of carbonyl (C=O) groups excluding carboxylic acids is 2. The zero-order valence-corrected chi connectivity index (χ0v) is 12.7. The zero-order chi connectivity index (χ0) is 14.2. The quantitative estimate of drug-likeness (QED) is 0.307. The predicted molar refractivity (Wildman–Crippen MR) is 70.6 cm³/mol. The van der Waals surface area contributed by atoms with E-state index in [-0.39, 0.29) is 0 Å². The van der Waals surface area contributed by atoms with Crippen molar-refractivity contribution in [2.75, 3.05) is 13.7 Å². The molecule has 104 valence electrons. The van der Waals surface area contributed by atoms with Crippen LogP contribution in [0.25, 0.3) is 0 Å². The molecule has 0 amide bonds. The summed E-state index contributed by atoms with van der Waals surface area (Å²) in [7, 11) is 0.0132. The lowest BCUT2D eigenvalue weighted by molar-refractivity contribution is -0.197. The lowest BCUT2D eigenvalue weighted by Gasteiger charge is -2.14. The molecule has 0 aromatic heterocycles. The molecule has 0 fully saturated rings. The van der Waals surface area contributed by atoms with E-state index in [1.165, 1.54) is 14.0 Å². The van der Waals surface area contributed by atoms with Gasteiger partial charge in [-0.1, -0.05) is 31.4 Å². The van der Waals surface area contributed by atoms with Crippen LogP contribution < -0.4 is 0 Å². The molecule has 6 heteroatoms. The Morgan fingerprint density at radius 1 is 1.28 bits per heavy atom. The largest absolute Gasteiger partial charge is 0.464 e. The highest BCUT2D eigenvalue weighted by molar-refractivity contribution is 6.80. The van der Waals surface area contributed by atoms with Gasteiger partial charge in [0.25, 0.3) is 0 Å². The first-order valence-electron chi connectivity index (χ1n) is 5.80. The SMILES string of the molecule is COC(=O)C(OCC/C=C/[Si](C)(C)C)OC(C)=O. The molecular weight excluding hydrogens is 252 g/mol. The number of hydrogen-bond donors (Lipinski definition) is 0. The van der Waals surface area contributed by atoms with Crippen molar-refractivity contribution < 1.29 is 23.8 Å². The van der Waals surface area contributed by atoms with Crippen LogP contribution in [0.5, 0.6) is 0 Å². The Morgan fingerprint density at radius 2 is 1.89 bits per heavy atom. The van der Waals surface area contributed by atoms with Crippen molar-refractivity contribution in [3.05, 3.63) is 11.8 Å². The van der Waals surface area contributed by atoms with E-state index in [9.17, 15) is 9.59 Å². The molecule has 0 N–H and O–H groups in total. The number of methoxy groups -OCH3 is 1. The fourth-order valence-electron chi connectivity index (χ4n) is 1.08. The maximum atomic E-state index is 11.2. The highest BCUT2D eigenvalue weighted by Gasteiger charge is 2.22. The smallest absolute Gasteiger partial charge is 0.376 e. The summed E-state index contributed by atoms with van der Waals surface area (Å²) >= 11 is 0. The third kappa shape index (κ3) is 8.95. The van der Waals surface area contributed by atoms with Crippen molar-refractivity contribution in [2.24, 2.45) is 0 Å². The average Bonchev–Trinajstić information content (AvgIpc) is 2.24. The van der Waals surface area contributed by atoms with Gasteiger partial charge in [0.05, 0.1) is 21.8 Å². The van der Waals surface area contributed by atoms with Gasteiger partial charge in [0.2, 0.25) is 0 Å². The van der Waals surface area contributed by atoms with E-state index in [1.807, 2.05) is 6.08 Å². The van der Waals surface area contributed by atoms with Crippen molar-refractivity contribution in [1.82, 2.24) is 0 Å². The Kier molecular flexibility index (Phi) is 7.53. The first-order valence-corrected chi connectivity index (χ1v) is 9.38.